The number of carbonyl (C=O) groups is 1. The maximum Gasteiger partial charge on any atom is 0.336 e. The van der Waals surface area contributed by atoms with Crippen LogP contribution in [-0.4, -0.2) is 11.1 Å². The Bertz CT molecular complexity index is 796. The molecule has 21 heavy (non-hydrogen) atoms. The van der Waals surface area contributed by atoms with E-state index < -0.39 is 5.97 Å². The molecule has 0 aliphatic rings. The second-order valence-corrected chi connectivity index (χ2v) is 5.79. The van der Waals surface area contributed by atoms with Crippen molar-refractivity contribution in [1.82, 2.24) is 0 Å². The minimum atomic E-state index is -0.878. The van der Waals surface area contributed by atoms with Crippen LogP contribution in [0.5, 0.6) is 0 Å². The first-order chi connectivity index (χ1) is 10.2. The summed E-state index contributed by atoms with van der Waals surface area (Å²) in [5.74, 6) is -0.119. The Labute approximate surface area is 127 Å². The molecule has 3 heteroatoms. The predicted octanol–water partition coefficient (Wildman–Crippen LogP) is 4.83. The van der Waals surface area contributed by atoms with Gasteiger partial charge in [-0.2, -0.15) is 0 Å². The van der Waals surface area contributed by atoms with E-state index >= 15 is 0 Å². The Morgan fingerprint density at radius 2 is 1.62 bits per heavy atom. The smallest absolute Gasteiger partial charge is 0.336 e. The molecule has 0 aliphatic carbocycles. The van der Waals surface area contributed by atoms with E-state index in [1.54, 1.807) is 23.9 Å². The average molecular weight is 294 g/mol. The molecule has 0 unspecified atom stereocenters. The number of benzene rings is 3. The number of thioether (sulfide) groups is 1. The molecule has 0 fully saturated rings. The van der Waals surface area contributed by atoms with Gasteiger partial charge < -0.3 is 5.11 Å². The van der Waals surface area contributed by atoms with Gasteiger partial charge in [0.15, 0.2) is 0 Å². The second kappa shape index (κ2) is 6.02. The first kappa shape index (κ1) is 13.7. The summed E-state index contributed by atoms with van der Waals surface area (Å²) in [6, 6.07) is 21.7. The maximum absolute atomic E-state index is 11.2. The first-order valence-electron chi connectivity index (χ1n) is 6.67. The molecule has 104 valence electrons. The zero-order chi connectivity index (χ0) is 14.7. The standard InChI is InChI=1S/C18H14O2S/c19-18(20)16-7-3-4-8-17(16)21-12-13-9-10-14-5-1-2-6-15(14)11-13/h1-11H,12H2,(H,19,20). The quantitative estimate of drug-likeness (QED) is 0.700. The van der Waals surface area contributed by atoms with E-state index in [2.05, 4.69) is 30.3 Å². The van der Waals surface area contributed by atoms with Gasteiger partial charge in [-0.1, -0.05) is 54.6 Å². The van der Waals surface area contributed by atoms with Gasteiger partial charge in [-0.3, -0.25) is 0 Å². The monoisotopic (exact) mass is 294 g/mol. The normalized spacial score (nSPS) is 10.7. The van der Waals surface area contributed by atoms with Crippen LogP contribution in [-0.2, 0) is 5.75 Å². The highest BCUT2D eigenvalue weighted by Gasteiger charge is 2.09. The van der Waals surface area contributed by atoms with Gasteiger partial charge in [-0.25, -0.2) is 4.79 Å². The lowest BCUT2D eigenvalue weighted by molar-refractivity contribution is 0.0693. The van der Waals surface area contributed by atoms with Crippen LogP contribution in [0.1, 0.15) is 15.9 Å². The van der Waals surface area contributed by atoms with E-state index in [9.17, 15) is 9.90 Å². The van der Waals surface area contributed by atoms with Crippen LogP contribution in [0.25, 0.3) is 10.8 Å². The van der Waals surface area contributed by atoms with Crippen LogP contribution >= 0.6 is 11.8 Å². The fourth-order valence-electron chi connectivity index (χ4n) is 2.26. The van der Waals surface area contributed by atoms with Crippen molar-refractivity contribution in [3.63, 3.8) is 0 Å². The Kier molecular flexibility index (Phi) is 3.93. The van der Waals surface area contributed by atoms with Gasteiger partial charge in [0, 0.05) is 10.6 Å². The predicted molar refractivity (Wildman–Crippen MR) is 86.9 cm³/mol. The number of carboxylic acid groups (broad SMARTS) is 1. The molecule has 2 nitrogen and oxygen atoms in total. The molecule has 0 bridgehead atoms. The Balaban J connectivity index is 1.82. The van der Waals surface area contributed by atoms with Crippen molar-refractivity contribution >= 4 is 28.5 Å². The van der Waals surface area contributed by atoms with Crippen LogP contribution in [0, 0.1) is 0 Å². The summed E-state index contributed by atoms with van der Waals surface area (Å²) in [5.41, 5.74) is 1.56. The Morgan fingerprint density at radius 1 is 0.905 bits per heavy atom. The molecule has 3 aromatic carbocycles. The molecule has 0 aromatic heterocycles. The van der Waals surface area contributed by atoms with Crippen LogP contribution in [0.3, 0.4) is 0 Å². The minimum Gasteiger partial charge on any atom is -0.478 e. The summed E-state index contributed by atoms with van der Waals surface area (Å²) in [5, 5.41) is 11.6. The van der Waals surface area contributed by atoms with E-state index in [-0.39, 0.29) is 0 Å². The number of hydrogen-bond donors (Lipinski definition) is 1. The van der Waals surface area contributed by atoms with Gasteiger partial charge in [0.05, 0.1) is 5.56 Å². The van der Waals surface area contributed by atoms with Gasteiger partial charge in [-0.15, -0.1) is 11.8 Å². The molecule has 0 heterocycles. The van der Waals surface area contributed by atoms with Crippen molar-refractivity contribution < 1.29 is 9.90 Å². The highest BCUT2D eigenvalue weighted by atomic mass is 32.2. The number of fused-ring (bicyclic) bond motifs is 1. The molecule has 0 amide bonds. The fraction of sp³-hybridized carbons (Fsp3) is 0.0556. The van der Waals surface area contributed by atoms with Crippen molar-refractivity contribution in [3.05, 3.63) is 77.9 Å². The first-order valence-corrected chi connectivity index (χ1v) is 7.65. The van der Waals surface area contributed by atoms with Crippen molar-refractivity contribution in [2.45, 2.75) is 10.6 Å². The average Bonchev–Trinajstić information content (AvgIpc) is 2.53. The summed E-state index contributed by atoms with van der Waals surface area (Å²) in [7, 11) is 0. The van der Waals surface area contributed by atoms with Gasteiger partial charge in [0.25, 0.3) is 0 Å². The van der Waals surface area contributed by atoms with Crippen LogP contribution in [0.4, 0.5) is 0 Å². The number of hydrogen-bond acceptors (Lipinski definition) is 2. The summed E-state index contributed by atoms with van der Waals surface area (Å²) >= 11 is 1.56. The highest BCUT2D eigenvalue weighted by molar-refractivity contribution is 7.98. The topological polar surface area (TPSA) is 37.3 Å². The van der Waals surface area contributed by atoms with Crippen LogP contribution in [0.2, 0.25) is 0 Å². The van der Waals surface area contributed by atoms with Gasteiger partial charge in [0.2, 0.25) is 0 Å². The molecule has 0 saturated heterocycles. The van der Waals surface area contributed by atoms with Crippen LogP contribution in [0.15, 0.2) is 71.6 Å². The molecular weight excluding hydrogens is 280 g/mol. The molecule has 1 N–H and O–H groups in total. The number of carboxylic acids is 1. The minimum absolute atomic E-state index is 0.364. The van der Waals surface area contributed by atoms with Gasteiger partial charge in [0.1, 0.15) is 0 Å². The molecule has 0 saturated carbocycles. The Morgan fingerprint density at radius 3 is 2.43 bits per heavy atom. The molecule has 0 radical (unpaired) electrons. The zero-order valence-corrected chi connectivity index (χ0v) is 12.1. The summed E-state index contributed by atoms with van der Waals surface area (Å²) in [4.78, 5) is 12.0. The fourth-order valence-corrected chi connectivity index (χ4v) is 3.25. The lowest BCUT2D eigenvalue weighted by Crippen LogP contribution is -1.98. The lowest BCUT2D eigenvalue weighted by atomic mass is 10.1. The van der Waals surface area contributed by atoms with E-state index in [1.165, 1.54) is 16.3 Å². The van der Waals surface area contributed by atoms with Crippen molar-refractivity contribution in [2.75, 3.05) is 0 Å². The van der Waals surface area contributed by atoms with E-state index in [4.69, 9.17) is 0 Å². The third-order valence-corrected chi connectivity index (χ3v) is 4.47. The van der Waals surface area contributed by atoms with Crippen molar-refractivity contribution in [2.24, 2.45) is 0 Å². The SMILES string of the molecule is O=C(O)c1ccccc1SCc1ccc2ccccc2c1. The number of rotatable bonds is 4. The zero-order valence-electron chi connectivity index (χ0n) is 11.3. The molecule has 3 aromatic rings. The molecule has 3 rings (SSSR count). The summed E-state index contributed by atoms with van der Waals surface area (Å²) in [6.07, 6.45) is 0. The van der Waals surface area contributed by atoms with Gasteiger partial charge in [-0.05, 0) is 28.5 Å². The second-order valence-electron chi connectivity index (χ2n) is 4.77. The third-order valence-electron chi connectivity index (χ3n) is 3.33. The van der Waals surface area contributed by atoms with Crippen molar-refractivity contribution in [1.29, 1.82) is 0 Å². The number of aromatic carboxylic acids is 1. The summed E-state index contributed by atoms with van der Waals surface area (Å²) in [6.45, 7) is 0. The third kappa shape index (κ3) is 3.09. The maximum atomic E-state index is 11.2. The highest BCUT2D eigenvalue weighted by Crippen LogP contribution is 2.27. The molecule has 0 spiro atoms. The summed E-state index contributed by atoms with van der Waals surface area (Å²) < 4.78 is 0. The van der Waals surface area contributed by atoms with E-state index in [0.717, 1.165) is 10.6 Å². The van der Waals surface area contributed by atoms with Crippen LogP contribution < -0.4 is 0 Å². The molecule has 0 aliphatic heterocycles. The van der Waals surface area contributed by atoms with E-state index in [1.807, 2.05) is 24.3 Å². The van der Waals surface area contributed by atoms with Crippen molar-refractivity contribution in [3.8, 4) is 0 Å². The van der Waals surface area contributed by atoms with Gasteiger partial charge >= 0.3 is 5.97 Å². The molecule has 0 atom stereocenters. The van der Waals surface area contributed by atoms with E-state index in [0.29, 0.717) is 5.56 Å². The molecular formula is C18H14O2S. The lowest BCUT2D eigenvalue weighted by Gasteiger charge is -2.06. The largest absolute Gasteiger partial charge is 0.478 e. The Hall–Kier alpha value is -2.26.